The summed E-state index contributed by atoms with van der Waals surface area (Å²) in [6.45, 7) is 3.57. The molecule has 2 heterocycles. The van der Waals surface area contributed by atoms with E-state index in [9.17, 15) is 9.18 Å². The third kappa shape index (κ3) is 5.28. The minimum atomic E-state index is -0.481. The van der Waals surface area contributed by atoms with E-state index < -0.39 is 11.7 Å². The second-order valence-corrected chi connectivity index (χ2v) is 8.09. The molecule has 0 unspecified atom stereocenters. The van der Waals surface area contributed by atoms with E-state index in [0.717, 1.165) is 11.1 Å². The Morgan fingerprint density at radius 1 is 1.23 bits per heavy atom. The number of nitrogens with zero attached hydrogens (tertiary/aromatic N) is 4. The van der Waals surface area contributed by atoms with Gasteiger partial charge in [-0.3, -0.25) is 4.79 Å². The van der Waals surface area contributed by atoms with Gasteiger partial charge < -0.3 is 15.2 Å². The molecule has 0 bridgehead atoms. The highest BCUT2D eigenvalue weighted by atomic mass is 35.5. The molecule has 2 aromatic carbocycles. The number of benzene rings is 2. The van der Waals surface area contributed by atoms with Crippen LogP contribution in [0.5, 0.6) is 0 Å². The number of carbonyl (C=O) groups excluding carboxylic acids is 1. The highest BCUT2D eigenvalue weighted by molar-refractivity contribution is 6.34. The molecule has 2 N–H and O–H groups in total. The topological polar surface area (TPSA) is 117 Å². The summed E-state index contributed by atoms with van der Waals surface area (Å²) in [5, 5.41) is 18.8. The maximum Gasteiger partial charge on any atom is 0.238 e. The van der Waals surface area contributed by atoms with Gasteiger partial charge in [0.2, 0.25) is 17.6 Å². The zero-order valence-corrected chi connectivity index (χ0v) is 19.6. The van der Waals surface area contributed by atoms with Crippen LogP contribution in [-0.2, 0) is 4.79 Å². The maximum absolute atomic E-state index is 14.7. The molecule has 176 valence electrons. The Labute approximate surface area is 205 Å². The van der Waals surface area contributed by atoms with Gasteiger partial charge in [-0.25, -0.2) is 9.37 Å². The van der Waals surface area contributed by atoms with Crippen molar-refractivity contribution in [1.82, 2.24) is 15.1 Å². The lowest BCUT2D eigenvalue weighted by Crippen LogP contribution is -2.15. The van der Waals surface area contributed by atoms with E-state index in [1.807, 2.05) is 31.2 Å². The van der Waals surface area contributed by atoms with Gasteiger partial charge in [-0.1, -0.05) is 53.2 Å². The van der Waals surface area contributed by atoms with E-state index >= 15 is 0 Å². The molecule has 4 aromatic rings. The zero-order chi connectivity index (χ0) is 24.9. The first-order valence-electron chi connectivity index (χ1n) is 10.6. The summed E-state index contributed by atoms with van der Waals surface area (Å²) in [5.74, 6) is -0.0131. The van der Waals surface area contributed by atoms with Crippen molar-refractivity contribution < 1.29 is 13.7 Å². The minimum absolute atomic E-state index is 0.188. The number of anilines is 2. The Hall–Kier alpha value is -4.29. The largest absolute Gasteiger partial charge is 0.362 e. The maximum atomic E-state index is 14.7. The third-order valence-corrected chi connectivity index (χ3v) is 5.56. The number of halogens is 2. The van der Waals surface area contributed by atoms with Gasteiger partial charge in [-0.2, -0.15) is 10.2 Å². The van der Waals surface area contributed by atoms with E-state index in [1.165, 1.54) is 12.3 Å². The van der Waals surface area contributed by atoms with Crippen LogP contribution in [0.15, 0.2) is 59.3 Å². The minimum Gasteiger partial charge on any atom is -0.362 e. The molecule has 4 rings (SSSR count). The highest BCUT2D eigenvalue weighted by Gasteiger charge is 2.18. The molecule has 0 radical (unpaired) electrons. The van der Waals surface area contributed by atoms with Gasteiger partial charge in [-0.15, -0.1) is 0 Å². The quantitative estimate of drug-likeness (QED) is 0.330. The Kier molecular flexibility index (Phi) is 7.03. The van der Waals surface area contributed by atoms with E-state index in [4.69, 9.17) is 21.4 Å². The first kappa shape index (κ1) is 23.9. The fraction of sp³-hybridized carbons (Fsp3) is 0.160. The molecular formula is C25H20ClFN6O2. The van der Waals surface area contributed by atoms with Gasteiger partial charge in [0.25, 0.3) is 0 Å². The second-order valence-electron chi connectivity index (χ2n) is 7.69. The molecule has 10 heteroatoms. The molecule has 2 aromatic heterocycles. The Morgan fingerprint density at radius 3 is 2.69 bits per heavy atom. The molecule has 0 saturated carbocycles. The van der Waals surface area contributed by atoms with Gasteiger partial charge in [0, 0.05) is 13.1 Å². The number of hydrogen-bond acceptors (Lipinski definition) is 7. The normalized spacial score (nSPS) is 11.5. The second kappa shape index (κ2) is 10.3. The lowest BCUT2D eigenvalue weighted by molar-refractivity contribution is -0.115. The van der Waals surface area contributed by atoms with Crippen molar-refractivity contribution in [1.29, 1.82) is 5.26 Å². The number of pyridine rings is 1. The molecule has 8 nitrogen and oxygen atoms in total. The fourth-order valence-electron chi connectivity index (χ4n) is 3.55. The summed E-state index contributed by atoms with van der Waals surface area (Å²) >= 11 is 6.25. The van der Waals surface area contributed by atoms with Crippen molar-refractivity contribution in [3.05, 3.63) is 77.0 Å². The first-order chi connectivity index (χ1) is 16.9. The molecule has 1 atom stereocenters. The summed E-state index contributed by atoms with van der Waals surface area (Å²) in [4.78, 5) is 20.4. The number of nitrogens with one attached hydrogen (secondary N) is 2. The number of rotatable bonds is 7. The van der Waals surface area contributed by atoms with Crippen molar-refractivity contribution in [2.75, 3.05) is 10.6 Å². The van der Waals surface area contributed by atoms with Crippen LogP contribution in [0.3, 0.4) is 0 Å². The molecule has 1 amide bonds. The van der Waals surface area contributed by atoms with Crippen LogP contribution in [0, 0.1) is 24.1 Å². The van der Waals surface area contributed by atoms with Crippen molar-refractivity contribution in [3.8, 4) is 28.6 Å². The molecule has 0 aliphatic rings. The van der Waals surface area contributed by atoms with Crippen molar-refractivity contribution in [2.45, 2.75) is 26.3 Å². The average molecular weight is 491 g/mol. The SMILES string of the molecule is Cc1nc(-c2c(F)cccc2-c2ccc([C@@H](C)Nc3nccc(Cl)c3NC(=O)CC#N)cc2)no1. The molecule has 0 fully saturated rings. The molecule has 0 aliphatic heterocycles. The highest BCUT2D eigenvalue weighted by Crippen LogP contribution is 2.34. The van der Waals surface area contributed by atoms with E-state index in [2.05, 4.69) is 25.8 Å². The lowest BCUT2D eigenvalue weighted by Gasteiger charge is -2.19. The van der Waals surface area contributed by atoms with Crippen LogP contribution in [0.1, 0.15) is 30.8 Å². The monoisotopic (exact) mass is 490 g/mol. The van der Waals surface area contributed by atoms with E-state index in [-0.39, 0.29) is 23.9 Å². The zero-order valence-electron chi connectivity index (χ0n) is 18.8. The number of hydrogen-bond donors (Lipinski definition) is 2. The predicted molar refractivity (Wildman–Crippen MR) is 130 cm³/mol. The number of aryl methyl sites for hydroxylation is 1. The number of aromatic nitrogens is 3. The molecule has 35 heavy (non-hydrogen) atoms. The van der Waals surface area contributed by atoms with Crippen LogP contribution in [0.4, 0.5) is 15.9 Å². The smallest absolute Gasteiger partial charge is 0.238 e. The predicted octanol–water partition coefficient (Wildman–Crippen LogP) is 5.92. The lowest BCUT2D eigenvalue weighted by atomic mass is 9.96. The standard InChI is InChI=1S/C25H20ClFN6O2/c1-14(30-25-23(19(26)11-13-29-25)32-21(34)10-12-28)16-6-8-17(9-7-16)18-4-3-5-20(27)22(18)24-31-15(2)35-33-24/h3-9,11,13-14H,10H2,1-2H3,(H,29,30)(H,32,34)/t14-/m1/s1. The molecule has 0 spiro atoms. The van der Waals surface area contributed by atoms with E-state index in [0.29, 0.717) is 28.0 Å². The van der Waals surface area contributed by atoms with Crippen LogP contribution in [0.25, 0.3) is 22.5 Å². The van der Waals surface area contributed by atoms with E-state index in [1.54, 1.807) is 31.2 Å². The van der Waals surface area contributed by atoms with Crippen LogP contribution in [0.2, 0.25) is 5.02 Å². The van der Waals surface area contributed by atoms with Crippen LogP contribution >= 0.6 is 11.6 Å². The fourth-order valence-corrected chi connectivity index (χ4v) is 3.75. The van der Waals surface area contributed by atoms with Crippen LogP contribution < -0.4 is 10.6 Å². The molecular weight excluding hydrogens is 471 g/mol. The Morgan fingerprint density at radius 2 is 2.00 bits per heavy atom. The summed E-state index contributed by atoms with van der Waals surface area (Å²) in [6.07, 6.45) is 1.22. The van der Waals surface area contributed by atoms with Gasteiger partial charge >= 0.3 is 0 Å². The summed E-state index contributed by atoms with van der Waals surface area (Å²) in [7, 11) is 0. The van der Waals surface area contributed by atoms with Crippen LogP contribution in [-0.4, -0.2) is 21.0 Å². The summed E-state index contributed by atoms with van der Waals surface area (Å²) in [5.41, 5.74) is 2.90. The number of carbonyl (C=O) groups is 1. The Balaban J connectivity index is 1.59. The third-order valence-electron chi connectivity index (χ3n) is 5.24. The van der Waals surface area contributed by atoms with Crippen molar-refractivity contribution >= 4 is 29.0 Å². The Bertz CT molecular complexity index is 1410. The summed E-state index contributed by atoms with van der Waals surface area (Å²) < 4.78 is 19.7. The van der Waals surface area contributed by atoms with Gasteiger partial charge in [0.15, 0.2) is 5.82 Å². The number of amides is 1. The first-order valence-corrected chi connectivity index (χ1v) is 11.0. The molecule has 0 aliphatic carbocycles. The van der Waals surface area contributed by atoms with Gasteiger partial charge in [0.05, 0.1) is 22.7 Å². The van der Waals surface area contributed by atoms with Gasteiger partial charge in [0.1, 0.15) is 17.9 Å². The number of nitriles is 1. The average Bonchev–Trinajstić information content (AvgIpc) is 3.27. The van der Waals surface area contributed by atoms with Crippen molar-refractivity contribution in [2.24, 2.45) is 0 Å². The molecule has 0 saturated heterocycles. The summed E-state index contributed by atoms with van der Waals surface area (Å²) in [6, 6.07) is 15.5. The van der Waals surface area contributed by atoms with Crippen molar-refractivity contribution in [3.63, 3.8) is 0 Å². The van der Waals surface area contributed by atoms with Gasteiger partial charge in [-0.05, 0) is 35.7 Å².